The summed E-state index contributed by atoms with van der Waals surface area (Å²) >= 11 is 1.68. The van der Waals surface area contributed by atoms with Crippen LogP contribution < -0.4 is 11.4 Å². The Morgan fingerprint density at radius 2 is 1.94 bits per heavy atom. The van der Waals surface area contributed by atoms with Crippen molar-refractivity contribution in [3.8, 4) is 0 Å². The molecule has 0 amide bonds. The lowest BCUT2D eigenvalue weighted by Crippen LogP contribution is -2.28. The SMILES string of the molecule is Cc1ccc2sc3c(C)n(N)c(=O)cc3c2c1. The van der Waals surface area contributed by atoms with Crippen molar-refractivity contribution in [2.45, 2.75) is 13.8 Å². The molecule has 0 aliphatic heterocycles. The first kappa shape index (κ1) is 10.4. The molecule has 0 aliphatic rings. The summed E-state index contributed by atoms with van der Waals surface area (Å²) in [5.74, 6) is 5.71. The molecule has 0 saturated carbocycles. The highest BCUT2D eigenvalue weighted by Gasteiger charge is 2.10. The van der Waals surface area contributed by atoms with E-state index < -0.39 is 0 Å². The molecule has 3 nitrogen and oxygen atoms in total. The quantitative estimate of drug-likeness (QED) is 0.618. The van der Waals surface area contributed by atoms with Crippen LogP contribution in [0, 0.1) is 13.8 Å². The van der Waals surface area contributed by atoms with Gasteiger partial charge in [-0.05, 0) is 26.0 Å². The fourth-order valence-electron chi connectivity index (χ4n) is 2.11. The van der Waals surface area contributed by atoms with Crippen LogP contribution in [0.1, 0.15) is 11.3 Å². The summed E-state index contributed by atoms with van der Waals surface area (Å²) in [6, 6.07) is 7.93. The summed E-state index contributed by atoms with van der Waals surface area (Å²) in [7, 11) is 0. The Hall–Kier alpha value is -1.81. The molecule has 0 radical (unpaired) electrons. The number of fused-ring (bicyclic) bond motifs is 3. The maximum Gasteiger partial charge on any atom is 0.269 e. The van der Waals surface area contributed by atoms with Crippen molar-refractivity contribution >= 4 is 31.5 Å². The average molecular weight is 244 g/mol. The highest BCUT2D eigenvalue weighted by Crippen LogP contribution is 2.34. The van der Waals surface area contributed by atoms with Crippen LogP contribution in [0.15, 0.2) is 29.1 Å². The minimum absolute atomic E-state index is 0.156. The number of pyridine rings is 1. The molecule has 0 fully saturated rings. The molecule has 0 aliphatic carbocycles. The maximum absolute atomic E-state index is 11.7. The van der Waals surface area contributed by atoms with Crippen molar-refractivity contribution in [1.29, 1.82) is 0 Å². The third-order valence-corrected chi connectivity index (χ3v) is 4.37. The van der Waals surface area contributed by atoms with Crippen molar-refractivity contribution in [1.82, 2.24) is 4.68 Å². The summed E-state index contributed by atoms with van der Waals surface area (Å²) in [6.45, 7) is 3.94. The summed E-state index contributed by atoms with van der Waals surface area (Å²) in [5.41, 5.74) is 1.87. The summed E-state index contributed by atoms with van der Waals surface area (Å²) in [5, 5.41) is 2.16. The van der Waals surface area contributed by atoms with Gasteiger partial charge in [0, 0.05) is 21.5 Å². The fourth-order valence-corrected chi connectivity index (χ4v) is 3.27. The molecule has 0 saturated heterocycles. The van der Waals surface area contributed by atoms with E-state index in [0.29, 0.717) is 0 Å². The summed E-state index contributed by atoms with van der Waals surface area (Å²) < 4.78 is 3.50. The first-order valence-electron chi connectivity index (χ1n) is 5.38. The number of hydrogen-bond acceptors (Lipinski definition) is 3. The third-order valence-electron chi connectivity index (χ3n) is 3.08. The second kappa shape index (κ2) is 3.34. The highest BCUT2D eigenvalue weighted by molar-refractivity contribution is 7.26. The maximum atomic E-state index is 11.7. The van der Waals surface area contributed by atoms with Crippen LogP contribution in [-0.2, 0) is 0 Å². The number of thiophene rings is 1. The van der Waals surface area contributed by atoms with Gasteiger partial charge in [-0.3, -0.25) is 4.79 Å². The fraction of sp³-hybridized carbons (Fsp3) is 0.154. The minimum atomic E-state index is -0.156. The number of nitrogens with two attached hydrogens (primary N) is 1. The number of nitrogens with zero attached hydrogens (tertiary/aromatic N) is 1. The molecule has 2 heterocycles. The largest absolute Gasteiger partial charge is 0.336 e. The molecule has 2 N–H and O–H groups in total. The number of hydrogen-bond donors (Lipinski definition) is 1. The van der Waals surface area contributed by atoms with Gasteiger partial charge in [0.1, 0.15) is 0 Å². The zero-order valence-electron chi connectivity index (χ0n) is 9.65. The monoisotopic (exact) mass is 244 g/mol. The Bertz CT molecular complexity index is 798. The lowest BCUT2D eigenvalue weighted by atomic mass is 10.1. The molecular weight excluding hydrogens is 232 g/mol. The lowest BCUT2D eigenvalue weighted by Gasteiger charge is -2.03. The van der Waals surface area contributed by atoms with Crippen molar-refractivity contribution in [3.05, 3.63) is 45.9 Å². The van der Waals surface area contributed by atoms with E-state index in [-0.39, 0.29) is 5.56 Å². The van der Waals surface area contributed by atoms with Gasteiger partial charge in [-0.25, -0.2) is 4.68 Å². The first-order chi connectivity index (χ1) is 8.08. The Morgan fingerprint density at radius 1 is 1.18 bits per heavy atom. The first-order valence-corrected chi connectivity index (χ1v) is 6.20. The zero-order valence-corrected chi connectivity index (χ0v) is 10.5. The van der Waals surface area contributed by atoms with Crippen LogP contribution in [0.3, 0.4) is 0 Å². The van der Waals surface area contributed by atoms with Gasteiger partial charge in [0.25, 0.3) is 5.56 Å². The van der Waals surface area contributed by atoms with Crippen molar-refractivity contribution in [2.24, 2.45) is 0 Å². The van der Waals surface area contributed by atoms with Gasteiger partial charge in [0.2, 0.25) is 0 Å². The lowest BCUT2D eigenvalue weighted by molar-refractivity contribution is 0.904. The Morgan fingerprint density at radius 3 is 2.71 bits per heavy atom. The van der Waals surface area contributed by atoms with Crippen LogP contribution in [-0.4, -0.2) is 4.68 Å². The number of benzene rings is 1. The van der Waals surface area contributed by atoms with Gasteiger partial charge < -0.3 is 5.84 Å². The van der Waals surface area contributed by atoms with Gasteiger partial charge in [-0.15, -0.1) is 11.3 Å². The minimum Gasteiger partial charge on any atom is -0.336 e. The molecule has 2 aromatic heterocycles. The van der Waals surface area contributed by atoms with Crippen LogP contribution in [0.4, 0.5) is 0 Å². The Labute approximate surface area is 102 Å². The van der Waals surface area contributed by atoms with Crippen molar-refractivity contribution in [2.75, 3.05) is 5.84 Å². The summed E-state index contributed by atoms with van der Waals surface area (Å²) in [6.07, 6.45) is 0. The molecule has 0 atom stereocenters. The zero-order chi connectivity index (χ0) is 12.2. The van der Waals surface area contributed by atoms with Gasteiger partial charge in [0.15, 0.2) is 0 Å². The molecule has 3 rings (SSSR count). The standard InChI is InChI=1S/C13H12N2OS/c1-7-3-4-11-9(5-7)10-6-12(16)15(14)8(2)13(10)17-11/h3-6H,14H2,1-2H3. The molecule has 86 valence electrons. The molecule has 3 aromatic rings. The predicted octanol–water partition coefficient (Wildman–Crippen LogP) is 2.55. The summed E-state index contributed by atoms with van der Waals surface area (Å²) in [4.78, 5) is 11.7. The van der Waals surface area contributed by atoms with Crippen molar-refractivity contribution in [3.63, 3.8) is 0 Å². The Kier molecular flexibility index (Phi) is 2.03. The van der Waals surface area contributed by atoms with Crippen molar-refractivity contribution < 1.29 is 0 Å². The van der Waals surface area contributed by atoms with Crippen LogP contribution in [0.25, 0.3) is 20.2 Å². The number of rotatable bonds is 0. The van der Waals surface area contributed by atoms with E-state index in [2.05, 4.69) is 25.1 Å². The van der Waals surface area contributed by atoms with E-state index >= 15 is 0 Å². The number of aromatic nitrogens is 1. The van der Waals surface area contributed by atoms with E-state index in [0.717, 1.165) is 21.2 Å². The second-order valence-corrected chi connectivity index (χ2v) is 5.33. The molecule has 0 bridgehead atoms. The van der Waals surface area contributed by atoms with Gasteiger partial charge in [0.05, 0.1) is 10.4 Å². The molecule has 0 spiro atoms. The Balaban J connectivity index is 2.62. The van der Waals surface area contributed by atoms with Gasteiger partial charge in [-0.1, -0.05) is 11.6 Å². The van der Waals surface area contributed by atoms with Gasteiger partial charge >= 0.3 is 0 Å². The highest BCUT2D eigenvalue weighted by atomic mass is 32.1. The van der Waals surface area contributed by atoms with E-state index in [1.54, 1.807) is 17.4 Å². The molecule has 1 aromatic carbocycles. The second-order valence-electron chi connectivity index (χ2n) is 4.28. The van der Waals surface area contributed by atoms with Crippen LogP contribution in [0.5, 0.6) is 0 Å². The van der Waals surface area contributed by atoms with E-state index in [9.17, 15) is 4.79 Å². The smallest absolute Gasteiger partial charge is 0.269 e. The molecule has 4 heteroatoms. The van der Waals surface area contributed by atoms with E-state index in [1.165, 1.54) is 14.9 Å². The molecule has 0 unspecified atom stereocenters. The van der Waals surface area contributed by atoms with E-state index in [4.69, 9.17) is 5.84 Å². The van der Waals surface area contributed by atoms with Crippen LogP contribution >= 0.6 is 11.3 Å². The van der Waals surface area contributed by atoms with E-state index in [1.807, 2.05) is 6.92 Å². The van der Waals surface area contributed by atoms with Gasteiger partial charge in [-0.2, -0.15) is 0 Å². The molecular formula is C13H12N2OS. The van der Waals surface area contributed by atoms with Crippen LogP contribution in [0.2, 0.25) is 0 Å². The average Bonchev–Trinajstić information content (AvgIpc) is 2.65. The number of nitrogen functional groups attached to an aromatic ring is 1. The predicted molar refractivity (Wildman–Crippen MR) is 73.2 cm³/mol. The molecule has 17 heavy (non-hydrogen) atoms. The normalized spacial score (nSPS) is 11.4. The third kappa shape index (κ3) is 1.37. The topological polar surface area (TPSA) is 48.0 Å². The number of aryl methyl sites for hydroxylation is 2.